The molecule has 1 atom stereocenters. The van der Waals surface area contributed by atoms with E-state index in [4.69, 9.17) is 9.72 Å². The van der Waals surface area contributed by atoms with Crippen LogP contribution in [0, 0.1) is 5.92 Å². The maximum atomic E-state index is 13.0. The van der Waals surface area contributed by atoms with Gasteiger partial charge in [-0.1, -0.05) is 31.2 Å². The SMILES string of the molecule is CC1CCc2nc3ccccc3c(C(=O)OCC(=O)NC(=O)NCc3cccs3)c2C1. The summed E-state index contributed by atoms with van der Waals surface area (Å²) in [6, 6.07) is 10.6. The van der Waals surface area contributed by atoms with Gasteiger partial charge in [0.15, 0.2) is 6.61 Å². The molecule has 160 valence electrons. The number of aryl methyl sites for hydroxylation is 1. The van der Waals surface area contributed by atoms with Gasteiger partial charge in [-0.2, -0.15) is 0 Å². The van der Waals surface area contributed by atoms with Gasteiger partial charge in [-0.15, -0.1) is 11.3 Å². The predicted molar refractivity (Wildman–Crippen MR) is 118 cm³/mol. The second-order valence-corrected chi connectivity index (χ2v) is 8.70. The minimum absolute atomic E-state index is 0.323. The van der Waals surface area contributed by atoms with Crippen molar-refractivity contribution in [3.8, 4) is 0 Å². The molecular formula is C23H23N3O4S. The third-order valence-corrected chi connectivity index (χ3v) is 6.18. The van der Waals surface area contributed by atoms with E-state index >= 15 is 0 Å². The van der Waals surface area contributed by atoms with Crippen LogP contribution in [0.15, 0.2) is 41.8 Å². The van der Waals surface area contributed by atoms with Gasteiger partial charge >= 0.3 is 12.0 Å². The normalized spacial score (nSPS) is 15.2. The number of hydrogen-bond donors (Lipinski definition) is 2. The zero-order chi connectivity index (χ0) is 21.8. The summed E-state index contributed by atoms with van der Waals surface area (Å²) < 4.78 is 5.29. The molecule has 0 saturated heterocycles. The van der Waals surface area contributed by atoms with Gasteiger partial charge in [0, 0.05) is 16.0 Å². The van der Waals surface area contributed by atoms with Gasteiger partial charge in [-0.3, -0.25) is 15.1 Å². The maximum Gasteiger partial charge on any atom is 0.339 e. The number of rotatable bonds is 5. The Hall–Kier alpha value is -3.26. The molecule has 1 aliphatic carbocycles. The molecule has 31 heavy (non-hydrogen) atoms. The fourth-order valence-corrected chi connectivity index (χ4v) is 4.43. The van der Waals surface area contributed by atoms with E-state index in [1.165, 1.54) is 11.3 Å². The molecule has 2 heterocycles. The van der Waals surface area contributed by atoms with Crippen molar-refractivity contribution in [1.29, 1.82) is 0 Å². The molecule has 0 fully saturated rings. The molecule has 1 aromatic carbocycles. The van der Waals surface area contributed by atoms with E-state index in [1.807, 2.05) is 41.8 Å². The van der Waals surface area contributed by atoms with E-state index in [0.29, 0.717) is 18.0 Å². The maximum absolute atomic E-state index is 13.0. The van der Waals surface area contributed by atoms with Crippen LogP contribution in [-0.2, 0) is 28.9 Å². The molecular weight excluding hydrogens is 414 g/mol. The number of imide groups is 1. The standard InChI is InChI=1S/C23H23N3O4S/c1-14-8-9-19-17(11-14)21(16-6-2-3-7-18(16)25-19)22(28)30-13-20(27)26-23(29)24-12-15-5-4-10-31-15/h2-7,10,14H,8-9,11-13H2,1H3,(H2,24,26,27,29). The van der Waals surface area contributed by atoms with Gasteiger partial charge < -0.3 is 10.1 Å². The number of pyridine rings is 1. The second-order valence-electron chi connectivity index (χ2n) is 7.66. The van der Waals surface area contributed by atoms with E-state index < -0.39 is 24.5 Å². The molecule has 7 nitrogen and oxygen atoms in total. The molecule has 0 spiro atoms. The number of ether oxygens (including phenoxy) is 1. The van der Waals surface area contributed by atoms with Crippen LogP contribution in [0.5, 0.6) is 0 Å². The van der Waals surface area contributed by atoms with Gasteiger partial charge in [0.25, 0.3) is 5.91 Å². The molecule has 1 unspecified atom stereocenters. The molecule has 3 aromatic rings. The lowest BCUT2D eigenvalue weighted by atomic mass is 9.84. The van der Waals surface area contributed by atoms with Crippen LogP contribution in [0.25, 0.3) is 10.9 Å². The number of nitrogens with one attached hydrogen (secondary N) is 2. The smallest absolute Gasteiger partial charge is 0.339 e. The van der Waals surface area contributed by atoms with Crippen LogP contribution in [0.2, 0.25) is 0 Å². The van der Waals surface area contributed by atoms with Gasteiger partial charge in [0.05, 0.1) is 17.6 Å². The summed E-state index contributed by atoms with van der Waals surface area (Å²) in [4.78, 5) is 42.7. The number of benzene rings is 1. The topological polar surface area (TPSA) is 97.4 Å². The lowest BCUT2D eigenvalue weighted by molar-refractivity contribution is -0.123. The van der Waals surface area contributed by atoms with Crippen LogP contribution in [0.3, 0.4) is 0 Å². The van der Waals surface area contributed by atoms with E-state index in [-0.39, 0.29) is 0 Å². The predicted octanol–water partition coefficient (Wildman–Crippen LogP) is 3.60. The third-order valence-electron chi connectivity index (χ3n) is 5.30. The highest BCUT2D eigenvalue weighted by molar-refractivity contribution is 7.09. The summed E-state index contributed by atoms with van der Waals surface area (Å²) in [5.74, 6) is -0.812. The average molecular weight is 438 g/mol. The van der Waals surface area contributed by atoms with Gasteiger partial charge in [-0.05, 0) is 48.3 Å². The fraction of sp³-hybridized carbons (Fsp3) is 0.304. The average Bonchev–Trinajstić information content (AvgIpc) is 3.28. The van der Waals surface area contributed by atoms with Crippen LogP contribution in [0.1, 0.15) is 39.8 Å². The molecule has 8 heteroatoms. The number of carbonyl (C=O) groups is 3. The van der Waals surface area contributed by atoms with Crippen molar-refractivity contribution < 1.29 is 19.1 Å². The summed E-state index contributed by atoms with van der Waals surface area (Å²) in [6.07, 6.45) is 2.58. The Morgan fingerprint density at radius 1 is 1.19 bits per heavy atom. The third kappa shape index (κ3) is 4.91. The van der Waals surface area contributed by atoms with Crippen molar-refractivity contribution in [2.45, 2.75) is 32.7 Å². The number of nitrogens with zero attached hydrogens (tertiary/aromatic N) is 1. The van der Waals surface area contributed by atoms with Crippen LogP contribution < -0.4 is 10.6 Å². The highest BCUT2D eigenvalue weighted by atomic mass is 32.1. The Balaban J connectivity index is 1.43. The number of fused-ring (bicyclic) bond motifs is 2. The quantitative estimate of drug-likeness (QED) is 0.595. The molecule has 0 radical (unpaired) electrons. The summed E-state index contributed by atoms with van der Waals surface area (Å²) in [5.41, 5.74) is 3.03. The summed E-state index contributed by atoms with van der Waals surface area (Å²) in [7, 11) is 0. The lowest BCUT2D eigenvalue weighted by Crippen LogP contribution is -2.41. The minimum atomic E-state index is -0.683. The van der Waals surface area contributed by atoms with Crippen LogP contribution in [0.4, 0.5) is 4.79 Å². The van der Waals surface area contributed by atoms with Crippen molar-refractivity contribution >= 4 is 40.1 Å². The lowest BCUT2D eigenvalue weighted by Gasteiger charge is -2.24. The van der Waals surface area contributed by atoms with Crippen molar-refractivity contribution in [3.05, 3.63) is 63.5 Å². The number of para-hydroxylation sites is 1. The van der Waals surface area contributed by atoms with E-state index in [1.54, 1.807) is 0 Å². The molecule has 1 aliphatic rings. The number of urea groups is 1. The Morgan fingerprint density at radius 2 is 2.03 bits per heavy atom. The van der Waals surface area contributed by atoms with Crippen molar-refractivity contribution in [3.63, 3.8) is 0 Å². The van der Waals surface area contributed by atoms with E-state index in [0.717, 1.165) is 46.3 Å². The molecule has 2 aromatic heterocycles. The van der Waals surface area contributed by atoms with E-state index in [9.17, 15) is 14.4 Å². The van der Waals surface area contributed by atoms with Crippen molar-refractivity contribution in [2.24, 2.45) is 5.92 Å². The molecule has 4 rings (SSSR count). The van der Waals surface area contributed by atoms with E-state index in [2.05, 4.69) is 17.6 Å². The number of carbonyl (C=O) groups excluding carboxylic acids is 3. The first-order valence-electron chi connectivity index (χ1n) is 10.2. The number of thiophene rings is 1. The monoisotopic (exact) mass is 437 g/mol. The van der Waals surface area contributed by atoms with Gasteiger partial charge in [-0.25, -0.2) is 9.59 Å². The number of hydrogen-bond acceptors (Lipinski definition) is 6. The zero-order valence-electron chi connectivity index (χ0n) is 17.1. The minimum Gasteiger partial charge on any atom is -0.452 e. The zero-order valence-corrected chi connectivity index (χ0v) is 18.0. The highest BCUT2D eigenvalue weighted by Gasteiger charge is 2.26. The molecule has 2 N–H and O–H groups in total. The van der Waals surface area contributed by atoms with Crippen molar-refractivity contribution in [1.82, 2.24) is 15.6 Å². The Morgan fingerprint density at radius 3 is 2.84 bits per heavy atom. The highest BCUT2D eigenvalue weighted by Crippen LogP contribution is 2.31. The molecule has 0 saturated carbocycles. The van der Waals surface area contributed by atoms with Crippen LogP contribution >= 0.6 is 11.3 Å². The first kappa shape index (κ1) is 21.0. The Kier molecular flexibility index (Phi) is 6.27. The van der Waals surface area contributed by atoms with Crippen LogP contribution in [-0.4, -0.2) is 29.5 Å². The first-order valence-corrected chi connectivity index (χ1v) is 11.1. The molecule has 3 amide bonds. The number of esters is 1. The Bertz CT molecular complexity index is 1130. The molecule has 0 bridgehead atoms. The van der Waals surface area contributed by atoms with Gasteiger partial charge in [0.2, 0.25) is 0 Å². The first-order chi connectivity index (χ1) is 15.0. The largest absolute Gasteiger partial charge is 0.452 e. The van der Waals surface area contributed by atoms with Gasteiger partial charge in [0.1, 0.15) is 0 Å². The summed E-state index contributed by atoms with van der Waals surface area (Å²) in [6.45, 7) is 1.94. The number of amides is 3. The Labute approximate surface area is 183 Å². The van der Waals surface area contributed by atoms with Crippen molar-refractivity contribution in [2.75, 3.05) is 6.61 Å². The summed E-state index contributed by atoms with van der Waals surface area (Å²) >= 11 is 1.51. The number of aromatic nitrogens is 1. The molecule has 0 aliphatic heterocycles. The second kappa shape index (κ2) is 9.26. The fourth-order valence-electron chi connectivity index (χ4n) is 3.79. The summed E-state index contributed by atoms with van der Waals surface area (Å²) in [5, 5.41) is 7.40.